The maximum absolute atomic E-state index is 12.9. The first kappa shape index (κ1) is 26.8. The van der Waals surface area contributed by atoms with Gasteiger partial charge in [0, 0.05) is 10.3 Å². The van der Waals surface area contributed by atoms with Gasteiger partial charge in [-0.2, -0.15) is 0 Å². The van der Waals surface area contributed by atoms with Gasteiger partial charge in [-0.15, -0.1) is 17.9 Å². The quantitative estimate of drug-likeness (QED) is 0.149. The minimum Gasteiger partial charge on any atom is -0.497 e. The molecule has 0 amide bonds. The lowest BCUT2D eigenvalue weighted by Gasteiger charge is -2.24. The lowest BCUT2D eigenvalue weighted by molar-refractivity contribution is 0.0467. The van der Waals surface area contributed by atoms with E-state index in [4.69, 9.17) is 4.74 Å². The van der Waals surface area contributed by atoms with E-state index in [-0.39, 0.29) is 11.5 Å². The largest absolute Gasteiger partial charge is 0.497 e. The second-order valence-electron chi connectivity index (χ2n) is 7.13. The van der Waals surface area contributed by atoms with Crippen molar-refractivity contribution < 1.29 is 14.6 Å². The summed E-state index contributed by atoms with van der Waals surface area (Å²) in [6, 6.07) is 9.27. The van der Waals surface area contributed by atoms with Crippen LogP contribution in [0.5, 0.6) is 5.75 Å². The number of hydrogen-bond acceptors (Lipinski definition) is 7. The molecule has 0 fully saturated rings. The minimum atomic E-state index is -1.04. The van der Waals surface area contributed by atoms with Crippen molar-refractivity contribution >= 4 is 39.8 Å². The van der Waals surface area contributed by atoms with Crippen molar-refractivity contribution in [1.29, 1.82) is 0 Å². The van der Waals surface area contributed by atoms with Crippen LogP contribution in [0.1, 0.15) is 54.0 Å². The monoisotopic (exact) mass is 484 g/mol. The number of aliphatic hydroxyl groups is 1. The number of methoxy groups -OCH3 is 1. The van der Waals surface area contributed by atoms with Crippen molar-refractivity contribution in [1.82, 2.24) is 9.97 Å². The molecule has 33 heavy (non-hydrogen) atoms. The van der Waals surface area contributed by atoms with Crippen molar-refractivity contribution in [2.75, 3.05) is 12.9 Å². The van der Waals surface area contributed by atoms with E-state index in [1.54, 1.807) is 19.3 Å². The van der Waals surface area contributed by atoms with E-state index >= 15 is 0 Å². The molecule has 3 rings (SSSR count). The normalized spacial score (nSPS) is 12.8. The van der Waals surface area contributed by atoms with Crippen LogP contribution in [0.3, 0.4) is 0 Å². The molecule has 0 bridgehead atoms. The lowest BCUT2D eigenvalue weighted by atomic mass is 9.93. The number of ketones is 1. The Bertz CT molecular complexity index is 1120. The fourth-order valence-corrected chi connectivity index (χ4v) is 5.29. The first-order valence-corrected chi connectivity index (χ1v) is 12.7. The first-order chi connectivity index (χ1) is 15.9. The standard InChI is InChI=1S/C24H26N2O3S2.C2H6/c1-5-7-13-24(28,12-6-2)22-11-10-21(31-22)20(27)15-30-23-18-14-17(29-4)8-9-19(18)25-16(3)26-23;1-2/h5-11,14,28H,2,12-13,15H2,1,3-4H3;1-2H3/b7-5-;. The minimum absolute atomic E-state index is 0.000508. The lowest BCUT2D eigenvalue weighted by Crippen LogP contribution is -2.22. The number of Topliss-reactive ketones (excluding diaryl/α,β-unsaturated/α-hetero) is 1. The zero-order valence-electron chi connectivity index (χ0n) is 19.9. The van der Waals surface area contributed by atoms with Gasteiger partial charge in [-0.25, -0.2) is 9.97 Å². The second kappa shape index (κ2) is 12.7. The van der Waals surface area contributed by atoms with Gasteiger partial charge >= 0.3 is 0 Å². The highest BCUT2D eigenvalue weighted by molar-refractivity contribution is 8.00. The summed E-state index contributed by atoms with van der Waals surface area (Å²) in [6.45, 7) is 11.5. The van der Waals surface area contributed by atoms with Crippen LogP contribution in [-0.4, -0.2) is 33.7 Å². The average Bonchev–Trinajstić information content (AvgIpc) is 3.33. The Morgan fingerprint density at radius 3 is 2.67 bits per heavy atom. The van der Waals surface area contributed by atoms with Crippen LogP contribution in [0.15, 0.2) is 60.2 Å². The summed E-state index contributed by atoms with van der Waals surface area (Å²) in [7, 11) is 1.62. The Kier molecular flexibility index (Phi) is 10.3. The average molecular weight is 485 g/mol. The van der Waals surface area contributed by atoms with Crippen LogP contribution in [-0.2, 0) is 5.60 Å². The molecule has 2 heterocycles. The van der Waals surface area contributed by atoms with Crippen LogP contribution in [0.25, 0.3) is 10.9 Å². The third kappa shape index (κ3) is 6.76. The van der Waals surface area contributed by atoms with E-state index in [0.717, 1.165) is 26.6 Å². The molecule has 1 unspecified atom stereocenters. The number of fused-ring (bicyclic) bond motifs is 1. The van der Waals surface area contributed by atoms with Gasteiger partial charge < -0.3 is 9.84 Å². The number of thiophene rings is 1. The van der Waals surface area contributed by atoms with E-state index in [1.807, 2.05) is 64.1 Å². The predicted molar refractivity (Wildman–Crippen MR) is 140 cm³/mol. The van der Waals surface area contributed by atoms with Gasteiger partial charge in [-0.1, -0.05) is 43.8 Å². The van der Waals surface area contributed by atoms with Crippen molar-refractivity contribution in [2.45, 2.75) is 51.2 Å². The smallest absolute Gasteiger partial charge is 0.183 e. The molecular weight excluding hydrogens is 452 g/mol. The summed E-state index contributed by atoms with van der Waals surface area (Å²) in [5.74, 6) is 1.63. The fourth-order valence-electron chi connectivity index (χ4n) is 3.21. The number of thioether (sulfide) groups is 1. The second-order valence-corrected chi connectivity index (χ2v) is 9.18. The summed E-state index contributed by atoms with van der Waals surface area (Å²) in [4.78, 5) is 23.3. The zero-order chi connectivity index (χ0) is 24.4. The number of benzene rings is 1. The molecule has 7 heteroatoms. The number of aromatic nitrogens is 2. The number of hydrogen-bond donors (Lipinski definition) is 1. The highest BCUT2D eigenvalue weighted by Gasteiger charge is 2.29. The topological polar surface area (TPSA) is 72.3 Å². The van der Waals surface area contributed by atoms with Gasteiger partial charge in [0.1, 0.15) is 22.2 Å². The number of carbonyl (C=O) groups excluding carboxylic acids is 1. The third-order valence-corrected chi connectivity index (χ3v) is 7.14. The SMILES string of the molecule is C=CCC(O)(C/C=C\C)c1ccc(C(=O)CSc2nc(C)nc3ccc(OC)cc23)s1.CC. The van der Waals surface area contributed by atoms with Crippen molar-refractivity contribution in [3.8, 4) is 5.75 Å². The van der Waals surface area contributed by atoms with Gasteiger partial charge in [0.05, 0.1) is 23.3 Å². The highest BCUT2D eigenvalue weighted by atomic mass is 32.2. The number of ether oxygens (including phenoxy) is 1. The Hall–Kier alpha value is -2.48. The van der Waals surface area contributed by atoms with Gasteiger partial charge in [-0.05, 0) is 57.0 Å². The molecule has 1 N–H and O–H groups in total. The van der Waals surface area contributed by atoms with Crippen LogP contribution < -0.4 is 4.74 Å². The molecule has 1 atom stereocenters. The number of aryl methyl sites for hydroxylation is 1. The van der Waals surface area contributed by atoms with Crippen LogP contribution in [0, 0.1) is 6.92 Å². The van der Waals surface area contributed by atoms with E-state index < -0.39 is 5.60 Å². The van der Waals surface area contributed by atoms with Gasteiger partial charge in [0.15, 0.2) is 5.78 Å². The molecule has 0 spiro atoms. The summed E-state index contributed by atoms with van der Waals surface area (Å²) >= 11 is 2.73. The van der Waals surface area contributed by atoms with Gasteiger partial charge in [0.25, 0.3) is 0 Å². The summed E-state index contributed by atoms with van der Waals surface area (Å²) in [5, 5.41) is 12.7. The molecule has 1 aromatic carbocycles. The molecule has 3 aromatic rings. The van der Waals surface area contributed by atoms with E-state index in [2.05, 4.69) is 16.5 Å². The number of allylic oxidation sites excluding steroid dienone is 1. The Labute approximate surface area is 204 Å². The third-order valence-electron chi connectivity index (χ3n) is 4.83. The maximum atomic E-state index is 12.9. The Morgan fingerprint density at radius 1 is 1.24 bits per heavy atom. The molecule has 0 aliphatic rings. The molecule has 2 aromatic heterocycles. The number of rotatable bonds is 10. The molecule has 0 saturated carbocycles. The van der Waals surface area contributed by atoms with E-state index in [9.17, 15) is 9.90 Å². The van der Waals surface area contributed by atoms with Crippen LogP contribution in [0.2, 0.25) is 0 Å². The molecule has 0 saturated heterocycles. The molecule has 0 radical (unpaired) electrons. The molecule has 0 aliphatic heterocycles. The fraction of sp³-hybridized carbons (Fsp3) is 0.346. The Morgan fingerprint density at radius 2 is 2.00 bits per heavy atom. The number of carbonyl (C=O) groups is 1. The van der Waals surface area contributed by atoms with Crippen LogP contribution in [0.4, 0.5) is 0 Å². The van der Waals surface area contributed by atoms with Crippen molar-refractivity contribution in [3.63, 3.8) is 0 Å². The van der Waals surface area contributed by atoms with Crippen molar-refractivity contribution in [2.24, 2.45) is 0 Å². The predicted octanol–water partition coefficient (Wildman–Crippen LogP) is 6.74. The molecular formula is C26H32N2O3S2. The molecule has 5 nitrogen and oxygen atoms in total. The molecule has 0 aliphatic carbocycles. The summed E-state index contributed by atoms with van der Waals surface area (Å²) in [6.07, 6.45) is 6.45. The van der Waals surface area contributed by atoms with Gasteiger partial charge in [-0.3, -0.25) is 4.79 Å². The van der Waals surface area contributed by atoms with Crippen molar-refractivity contribution in [3.05, 3.63) is 70.7 Å². The Balaban J connectivity index is 0.00000187. The highest BCUT2D eigenvalue weighted by Crippen LogP contribution is 2.36. The summed E-state index contributed by atoms with van der Waals surface area (Å²) < 4.78 is 5.32. The first-order valence-electron chi connectivity index (χ1n) is 10.9. The summed E-state index contributed by atoms with van der Waals surface area (Å²) in [5.41, 5.74) is -0.221. The van der Waals surface area contributed by atoms with E-state index in [0.29, 0.717) is 23.5 Å². The van der Waals surface area contributed by atoms with Crippen LogP contribution >= 0.6 is 23.1 Å². The number of nitrogens with zero attached hydrogens (tertiary/aromatic N) is 2. The van der Waals surface area contributed by atoms with E-state index in [1.165, 1.54) is 23.1 Å². The van der Waals surface area contributed by atoms with Gasteiger partial charge in [0.2, 0.25) is 0 Å². The molecule has 176 valence electrons. The maximum Gasteiger partial charge on any atom is 0.183 e. The zero-order valence-corrected chi connectivity index (χ0v) is 21.6.